The van der Waals surface area contributed by atoms with Crippen LogP contribution in [0.15, 0.2) is 48.5 Å². The number of rotatable bonds is 2. The summed E-state index contributed by atoms with van der Waals surface area (Å²) in [6, 6.07) is 15.5. The predicted octanol–water partition coefficient (Wildman–Crippen LogP) is 4.19. The van der Waals surface area contributed by atoms with Crippen LogP contribution in [0.4, 0.5) is 0 Å². The molecule has 1 aliphatic rings. The van der Waals surface area contributed by atoms with Crippen molar-refractivity contribution in [1.29, 1.82) is 0 Å². The number of halogens is 2. The summed E-state index contributed by atoms with van der Waals surface area (Å²) in [5, 5.41) is 3.67. The van der Waals surface area contributed by atoms with Crippen LogP contribution in [0.2, 0.25) is 10.0 Å². The van der Waals surface area contributed by atoms with Crippen LogP contribution in [0.3, 0.4) is 0 Å². The van der Waals surface area contributed by atoms with Crippen molar-refractivity contribution in [2.24, 2.45) is 11.8 Å². The molecule has 120 valence electrons. The van der Waals surface area contributed by atoms with Gasteiger partial charge in [0.1, 0.15) is 12.1 Å². The molecule has 0 amide bonds. The lowest BCUT2D eigenvalue weighted by molar-refractivity contribution is -0.748. The molecule has 0 aliphatic carbocycles. The van der Waals surface area contributed by atoms with Crippen LogP contribution < -0.4 is 5.32 Å². The van der Waals surface area contributed by atoms with Crippen molar-refractivity contribution < 1.29 is 10.1 Å². The van der Waals surface area contributed by atoms with Gasteiger partial charge in [-0.05, 0) is 26.0 Å². The highest BCUT2D eigenvalue weighted by molar-refractivity contribution is 6.31. The number of hydrogen-bond donors (Lipinski definition) is 1. The summed E-state index contributed by atoms with van der Waals surface area (Å²) in [7, 11) is 0. The molecule has 2 aromatic rings. The van der Waals surface area contributed by atoms with Crippen LogP contribution in [-0.4, -0.2) is 5.78 Å². The minimum absolute atomic E-state index is 0.00803. The molecule has 0 bridgehead atoms. The highest BCUT2D eigenvalue weighted by Crippen LogP contribution is 2.36. The molecule has 0 aromatic heterocycles. The quantitative estimate of drug-likeness (QED) is 0.866. The second-order valence-corrected chi connectivity index (χ2v) is 7.08. The maximum absolute atomic E-state index is 12.8. The first-order chi connectivity index (χ1) is 11.0. The van der Waals surface area contributed by atoms with E-state index in [1.165, 1.54) is 0 Å². The number of benzene rings is 2. The van der Waals surface area contributed by atoms with E-state index in [4.69, 9.17) is 23.2 Å². The number of ketones is 1. The minimum Gasteiger partial charge on any atom is -0.333 e. The zero-order valence-corrected chi connectivity index (χ0v) is 14.7. The van der Waals surface area contributed by atoms with Crippen LogP contribution in [-0.2, 0) is 4.79 Å². The lowest BCUT2D eigenvalue weighted by atomic mass is 9.76. The molecule has 1 fully saturated rings. The highest BCUT2D eigenvalue weighted by atomic mass is 35.5. The Morgan fingerprint density at radius 3 is 1.57 bits per heavy atom. The van der Waals surface area contributed by atoms with E-state index in [0.29, 0.717) is 10.0 Å². The molecule has 1 heterocycles. The fourth-order valence-electron chi connectivity index (χ4n) is 3.56. The van der Waals surface area contributed by atoms with Gasteiger partial charge in [0.15, 0.2) is 5.78 Å². The Balaban J connectivity index is 2.02. The number of nitrogens with two attached hydrogens (primary N) is 1. The monoisotopic (exact) mass is 348 g/mol. The van der Waals surface area contributed by atoms with E-state index in [1.54, 1.807) is 0 Å². The molecule has 0 spiro atoms. The Bertz CT molecular complexity index is 671. The Hall–Kier alpha value is -1.35. The van der Waals surface area contributed by atoms with Gasteiger partial charge in [0, 0.05) is 21.2 Å². The number of carbonyl (C=O) groups is 1. The van der Waals surface area contributed by atoms with E-state index in [-0.39, 0.29) is 29.7 Å². The molecule has 23 heavy (non-hydrogen) atoms. The maximum Gasteiger partial charge on any atom is 0.151 e. The van der Waals surface area contributed by atoms with Gasteiger partial charge < -0.3 is 5.32 Å². The molecule has 4 unspecified atom stereocenters. The number of piperidine rings is 1. The first-order valence-electron chi connectivity index (χ1n) is 7.88. The molecule has 3 rings (SSSR count). The normalized spacial score (nSPS) is 27.9. The van der Waals surface area contributed by atoms with Gasteiger partial charge in [0.05, 0.1) is 11.8 Å². The summed E-state index contributed by atoms with van der Waals surface area (Å²) in [5.41, 5.74) is 2.03. The molecule has 0 radical (unpaired) electrons. The zero-order chi connectivity index (χ0) is 16.6. The summed E-state index contributed by atoms with van der Waals surface area (Å²) in [5.74, 6) is 0.106. The van der Waals surface area contributed by atoms with Crippen molar-refractivity contribution in [2.45, 2.75) is 25.9 Å². The molecule has 4 heteroatoms. The maximum atomic E-state index is 12.8. The van der Waals surface area contributed by atoms with E-state index in [2.05, 4.69) is 5.32 Å². The molecule has 0 saturated carbocycles. The van der Waals surface area contributed by atoms with Gasteiger partial charge in [-0.2, -0.15) is 0 Å². The van der Waals surface area contributed by atoms with Gasteiger partial charge in [-0.1, -0.05) is 59.6 Å². The molecular weight excluding hydrogens is 329 g/mol. The van der Waals surface area contributed by atoms with Crippen LogP contribution >= 0.6 is 23.2 Å². The molecule has 1 saturated heterocycles. The van der Waals surface area contributed by atoms with Gasteiger partial charge in [0.25, 0.3) is 0 Å². The van der Waals surface area contributed by atoms with Gasteiger partial charge in [-0.25, -0.2) is 0 Å². The van der Waals surface area contributed by atoms with Crippen LogP contribution in [0.5, 0.6) is 0 Å². The Labute approximate surface area is 146 Å². The summed E-state index contributed by atoms with van der Waals surface area (Å²) < 4.78 is 0. The minimum atomic E-state index is -0.0800. The lowest BCUT2D eigenvalue weighted by Gasteiger charge is -2.36. The zero-order valence-electron chi connectivity index (χ0n) is 13.2. The number of carbonyl (C=O) groups excluding carboxylic acids is 1. The summed E-state index contributed by atoms with van der Waals surface area (Å²) in [6.45, 7) is 3.98. The van der Waals surface area contributed by atoms with Crippen molar-refractivity contribution in [2.75, 3.05) is 0 Å². The average molecular weight is 349 g/mol. The van der Waals surface area contributed by atoms with E-state index in [9.17, 15) is 4.79 Å². The van der Waals surface area contributed by atoms with Crippen molar-refractivity contribution in [3.8, 4) is 0 Å². The predicted molar refractivity (Wildman–Crippen MR) is 93.6 cm³/mol. The standard InChI is InChI=1S/C19H19Cl2NO/c1-11-17(13-7-3-5-9-15(13)20)22-18(12(2)19(11)23)14-8-4-6-10-16(14)21/h3-12,17-18,22H,1-2H3/p+1. The Morgan fingerprint density at radius 1 is 0.783 bits per heavy atom. The van der Waals surface area contributed by atoms with Gasteiger partial charge in [0.2, 0.25) is 0 Å². The molecule has 2 aromatic carbocycles. The molecule has 2 N–H and O–H groups in total. The van der Waals surface area contributed by atoms with E-state index in [1.807, 2.05) is 62.4 Å². The smallest absolute Gasteiger partial charge is 0.151 e. The van der Waals surface area contributed by atoms with Crippen LogP contribution in [0, 0.1) is 11.8 Å². The third-order valence-electron chi connectivity index (χ3n) is 4.92. The molecular formula is C19H20Cl2NO+. The highest BCUT2D eigenvalue weighted by Gasteiger charge is 2.44. The topological polar surface area (TPSA) is 33.7 Å². The number of quaternary nitrogens is 1. The second kappa shape index (κ2) is 6.64. The number of Topliss-reactive ketones (excluding diaryl/α,β-unsaturated/α-hetero) is 1. The Kier molecular flexibility index (Phi) is 4.77. The van der Waals surface area contributed by atoms with Gasteiger partial charge in [-0.3, -0.25) is 4.79 Å². The van der Waals surface area contributed by atoms with Gasteiger partial charge >= 0.3 is 0 Å². The van der Waals surface area contributed by atoms with Crippen LogP contribution in [0.1, 0.15) is 37.1 Å². The average Bonchev–Trinajstić information content (AvgIpc) is 2.55. The summed E-state index contributed by atoms with van der Waals surface area (Å²) in [4.78, 5) is 12.8. The van der Waals surface area contributed by atoms with Gasteiger partial charge in [-0.15, -0.1) is 0 Å². The summed E-state index contributed by atoms with van der Waals surface area (Å²) >= 11 is 12.7. The third kappa shape index (κ3) is 3.03. The van der Waals surface area contributed by atoms with E-state index >= 15 is 0 Å². The Morgan fingerprint density at radius 2 is 1.17 bits per heavy atom. The summed E-state index contributed by atoms with van der Waals surface area (Å²) in [6.07, 6.45) is 0. The van der Waals surface area contributed by atoms with Crippen molar-refractivity contribution in [1.82, 2.24) is 0 Å². The molecule has 4 atom stereocenters. The molecule has 2 nitrogen and oxygen atoms in total. The van der Waals surface area contributed by atoms with Crippen molar-refractivity contribution in [3.63, 3.8) is 0 Å². The third-order valence-corrected chi connectivity index (χ3v) is 5.61. The van der Waals surface area contributed by atoms with Crippen molar-refractivity contribution in [3.05, 3.63) is 69.7 Å². The first-order valence-corrected chi connectivity index (χ1v) is 8.64. The fourth-order valence-corrected chi connectivity index (χ4v) is 4.09. The SMILES string of the molecule is CC1C(=O)C(C)C(c2ccccc2Cl)[NH2+]C1c1ccccc1Cl. The van der Waals surface area contributed by atoms with E-state index < -0.39 is 0 Å². The van der Waals surface area contributed by atoms with Crippen LogP contribution in [0.25, 0.3) is 0 Å². The van der Waals surface area contributed by atoms with E-state index in [0.717, 1.165) is 11.1 Å². The molecule has 1 aliphatic heterocycles. The van der Waals surface area contributed by atoms with Crippen molar-refractivity contribution >= 4 is 29.0 Å². The number of hydrogen-bond acceptors (Lipinski definition) is 1. The largest absolute Gasteiger partial charge is 0.333 e. The second-order valence-electron chi connectivity index (χ2n) is 6.27. The first kappa shape index (κ1) is 16.5. The lowest BCUT2D eigenvalue weighted by Crippen LogP contribution is -2.91. The fraction of sp³-hybridized carbons (Fsp3) is 0.316.